The Bertz CT molecular complexity index is 333. The number of nitrogens with two attached hydrogens (primary N) is 1. The molecular formula is C11H25NO8P2+2. The fourth-order valence-electron chi connectivity index (χ4n) is 1.86. The monoisotopic (exact) mass is 361 g/mol. The van der Waals surface area contributed by atoms with E-state index in [0.29, 0.717) is 26.2 Å². The molecule has 1 heterocycles. The molecule has 1 rings (SSSR count). The summed E-state index contributed by atoms with van der Waals surface area (Å²) in [6.07, 6.45) is 1.92. The van der Waals surface area contributed by atoms with Crippen LogP contribution in [0.15, 0.2) is 0 Å². The van der Waals surface area contributed by atoms with E-state index in [9.17, 15) is 14.4 Å². The van der Waals surface area contributed by atoms with Gasteiger partial charge in [-0.15, -0.1) is 13.6 Å². The first kappa shape index (κ1) is 20.3. The van der Waals surface area contributed by atoms with Gasteiger partial charge in [-0.25, -0.2) is 0 Å². The molecule has 0 aromatic carbocycles. The van der Waals surface area contributed by atoms with E-state index in [1.54, 1.807) is 0 Å². The van der Waals surface area contributed by atoms with Gasteiger partial charge in [-0.1, -0.05) is 0 Å². The lowest BCUT2D eigenvalue weighted by atomic mass is 10.2. The van der Waals surface area contributed by atoms with Gasteiger partial charge in [0.15, 0.2) is 0 Å². The molecule has 1 aliphatic heterocycles. The maximum atomic E-state index is 11.5. The molecule has 3 unspecified atom stereocenters. The molecule has 1 aliphatic rings. The molecule has 0 radical (unpaired) electrons. The van der Waals surface area contributed by atoms with Crippen molar-refractivity contribution in [1.82, 2.24) is 0 Å². The lowest BCUT2D eigenvalue weighted by molar-refractivity contribution is -0.00111. The summed E-state index contributed by atoms with van der Waals surface area (Å²) >= 11 is 0. The Morgan fingerprint density at radius 3 is 2.77 bits per heavy atom. The molecule has 0 aliphatic carbocycles. The van der Waals surface area contributed by atoms with Gasteiger partial charge in [0, 0.05) is 17.6 Å². The van der Waals surface area contributed by atoms with Crippen LogP contribution in [0.2, 0.25) is 0 Å². The van der Waals surface area contributed by atoms with Gasteiger partial charge in [-0.3, -0.25) is 0 Å². The summed E-state index contributed by atoms with van der Waals surface area (Å²) < 4.78 is 36.6. The van der Waals surface area contributed by atoms with Crippen LogP contribution >= 0.6 is 16.4 Å². The minimum absolute atomic E-state index is 0.0214. The van der Waals surface area contributed by atoms with Crippen molar-refractivity contribution < 1.29 is 37.2 Å². The number of unbranched alkanes of at least 4 members (excludes halogenated alkanes) is 2. The number of hydrogen-bond acceptors (Lipinski definition) is 9. The highest BCUT2D eigenvalue weighted by Gasteiger charge is 2.46. The average molecular weight is 361 g/mol. The molecule has 0 saturated carbocycles. The van der Waals surface area contributed by atoms with Crippen LogP contribution in [0, 0.1) is 0 Å². The molecule has 0 bridgehead atoms. The second kappa shape index (κ2) is 10.9. The zero-order chi connectivity index (χ0) is 16.4. The topological polar surface area (TPSA) is 130 Å². The zero-order valence-corrected chi connectivity index (χ0v) is 14.4. The summed E-state index contributed by atoms with van der Waals surface area (Å²) in [6, 6.07) is 0. The SMILES string of the molecule is CO[P+](O)(O)OC1CCOC1CO[P+](=O)OCCCCCN. The van der Waals surface area contributed by atoms with Crippen LogP contribution < -0.4 is 5.73 Å². The average Bonchev–Trinajstić information content (AvgIpc) is 2.91. The highest BCUT2D eigenvalue weighted by molar-refractivity contribution is 7.54. The van der Waals surface area contributed by atoms with Crippen LogP contribution in [0.25, 0.3) is 0 Å². The van der Waals surface area contributed by atoms with Gasteiger partial charge < -0.3 is 10.5 Å². The third-order valence-electron chi connectivity index (χ3n) is 3.05. The van der Waals surface area contributed by atoms with Crippen LogP contribution in [0.3, 0.4) is 0 Å². The Morgan fingerprint density at radius 2 is 2.09 bits per heavy atom. The van der Waals surface area contributed by atoms with Gasteiger partial charge in [0.2, 0.25) is 0 Å². The van der Waals surface area contributed by atoms with Gasteiger partial charge in [0.05, 0.1) is 7.11 Å². The molecule has 0 aromatic rings. The molecule has 0 amide bonds. The molecule has 3 atom stereocenters. The molecule has 11 heteroatoms. The molecule has 1 fully saturated rings. The van der Waals surface area contributed by atoms with Crippen LogP contribution in [-0.2, 0) is 27.4 Å². The predicted octanol–water partition coefficient (Wildman–Crippen LogP) is 1.29. The van der Waals surface area contributed by atoms with Crippen molar-refractivity contribution in [3.8, 4) is 0 Å². The Labute approximate surface area is 131 Å². The van der Waals surface area contributed by atoms with Crippen LogP contribution in [-0.4, -0.2) is 55.5 Å². The van der Waals surface area contributed by atoms with Gasteiger partial charge in [-0.2, -0.15) is 14.3 Å². The third kappa shape index (κ3) is 8.17. The smallest absolute Gasteiger partial charge is 0.373 e. The van der Waals surface area contributed by atoms with E-state index >= 15 is 0 Å². The molecule has 130 valence electrons. The molecule has 22 heavy (non-hydrogen) atoms. The fraction of sp³-hybridized carbons (Fsp3) is 1.00. The molecule has 0 spiro atoms. The van der Waals surface area contributed by atoms with Crippen LogP contribution in [0.4, 0.5) is 0 Å². The quantitative estimate of drug-likeness (QED) is 0.348. The lowest BCUT2D eigenvalue weighted by Gasteiger charge is -2.16. The minimum atomic E-state index is -3.84. The highest BCUT2D eigenvalue weighted by atomic mass is 31.2. The Hall–Kier alpha value is 0.210. The molecule has 4 N–H and O–H groups in total. The van der Waals surface area contributed by atoms with E-state index in [1.807, 2.05) is 0 Å². The van der Waals surface area contributed by atoms with E-state index in [0.717, 1.165) is 26.4 Å². The Morgan fingerprint density at radius 1 is 1.32 bits per heavy atom. The van der Waals surface area contributed by atoms with E-state index < -0.39 is 28.6 Å². The maximum absolute atomic E-state index is 11.5. The summed E-state index contributed by atoms with van der Waals surface area (Å²) in [6.45, 7) is 1.34. The summed E-state index contributed by atoms with van der Waals surface area (Å²) in [5.41, 5.74) is 5.36. The number of hydrogen-bond donors (Lipinski definition) is 3. The van der Waals surface area contributed by atoms with Gasteiger partial charge >= 0.3 is 16.4 Å². The highest BCUT2D eigenvalue weighted by Crippen LogP contribution is 2.53. The van der Waals surface area contributed by atoms with Crippen LogP contribution in [0.1, 0.15) is 25.7 Å². The first-order chi connectivity index (χ1) is 10.5. The molecule has 1 saturated heterocycles. The minimum Gasteiger partial charge on any atom is -0.373 e. The van der Waals surface area contributed by atoms with Crippen molar-refractivity contribution in [3.63, 3.8) is 0 Å². The zero-order valence-electron chi connectivity index (χ0n) is 12.6. The number of ether oxygens (including phenoxy) is 1. The van der Waals surface area contributed by atoms with Crippen molar-refractivity contribution in [2.45, 2.75) is 37.9 Å². The lowest BCUT2D eigenvalue weighted by Crippen LogP contribution is -2.28. The van der Waals surface area contributed by atoms with Crippen molar-refractivity contribution in [2.75, 3.05) is 33.5 Å². The van der Waals surface area contributed by atoms with E-state index in [4.69, 9.17) is 24.0 Å². The van der Waals surface area contributed by atoms with Gasteiger partial charge in [0.25, 0.3) is 0 Å². The summed E-state index contributed by atoms with van der Waals surface area (Å²) in [7, 11) is -4.93. The van der Waals surface area contributed by atoms with E-state index in [-0.39, 0.29) is 6.61 Å². The first-order valence-corrected chi connectivity index (χ1v) is 9.74. The summed E-state index contributed by atoms with van der Waals surface area (Å²) in [5.74, 6) is 0. The predicted molar refractivity (Wildman–Crippen MR) is 80.0 cm³/mol. The van der Waals surface area contributed by atoms with Gasteiger partial charge in [0.1, 0.15) is 25.4 Å². The van der Waals surface area contributed by atoms with Crippen molar-refractivity contribution in [3.05, 3.63) is 0 Å². The van der Waals surface area contributed by atoms with Crippen molar-refractivity contribution >= 4 is 16.4 Å². The molecular weight excluding hydrogens is 336 g/mol. The van der Waals surface area contributed by atoms with Gasteiger partial charge in [-0.05, 0) is 25.8 Å². The molecule has 9 nitrogen and oxygen atoms in total. The Balaban J connectivity index is 2.20. The largest absolute Gasteiger partial charge is 0.697 e. The number of rotatable bonds is 12. The third-order valence-corrected chi connectivity index (χ3v) is 4.82. The van der Waals surface area contributed by atoms with Crippen LogP contribution in [0.5, 0.6) is 0 Å². The Kier molecular flexibility index (Phi) is 10.0. The van der Waals surface area contributed by atoms with Crippen molar-refractivity contribution in [1.29, 1.82) is 0 Å². The van der Waals surface area contributed by atoms with Crippen molar-refractivity contribution in [2.24, 2.45) is 5.73 Å². The van der Waals surface area contributed by atoms with E-state index in [1.165, 1.54) is 0 Å². The fourth-order valence-corrected chi connectivity index (χ4v) is 3.16. The standard InChI is InChI=1S/C11H25NO8P2/c1-16-22(14,15)20-10-5-8-17-11(10)9-19-21(13)18-7-4-2-3-6-12/h10-11,14-15H,2-9,12H2,1H3/q+2. The second-order valence-electron chi connectivity index (χ2n) is 4.72. The normalized spacial score (nSPS) is 23.0. The molecule has 0 aromatic heterocycles. The summed E-state index contributed by atoms with van der Waals surface area (Å²) in [5, 5.41) is 0. The maximum Gasteiger partial charge on any atom is 0.697 e. The first-order valence-electron chi connectivity index (χ1n) is 7.12. The second-order valence-corrected chi connectivity index (χ2v) is 7.24. The summed E-state index contributed by atoms with van der Waals surface area (Å²) in [4.78, 5) is 18.8. The van der Waals surface area contributed by atoms with E-state index in [2.05, 4.69) is 4.52 Å².